The first-order chi connectivity index (χ1) is 35.7. The molecular weight excluding hydrogens is 869 g/mol. The average molecular weight is 913 g/mol. The molecule has 0 aliphatic heterocycles. The number of fused-ring (bicyclic) bond motifs is 9. The summed E-state index contributed by atoms with van der Waals surface area (Å²) in [4.78, 5) is 0. The van der Waals surface area contributed by atoms with Crippen molar-refractivity contribution in [3.05, 3.63) is 267 Å². The van der Waals surface area contributed by atoms with Gasteiger partial charge >= 0.3 is 0 Å². The first-order valence-corrected chi connectivity index (χ1v) is 24.9. The largest absolute Gasteiger partial charge is 0.309 e. The minimum Gasteiger partial charge on any atom is -0.309 e. The van der Waals surface area contributed by atoms with E-state index in [-0.39, 0.29) is 0 Å². The van der Waals surface area contributed by atoms with Gasteiger partial charge in [-0.3, -0.25) is 0 Å². The molecule has 0 aliphatic carbocycles. The van der Waals surface area contributed by atoms with Gasteiger partial charge in [-0.25, -0.2) is 0 Å². The van der Waals surface area contributed by atoms with Crippen molar-refractivity contribution in [2.75, 3.05) is 0 Å². The van der Waals surface area contributed by atoms with Gasteiger partial charge in [0.2, 0.25) is 0 Å². The minimum atomic E-state index is 1.13. The highest BCUT2D eigenvalue weighted by Crippen LogP contribution is 2.47. The molecule has 2 heterocycles. The molecule has 0 saturated heterocycles. The molecule has 0 spiro atoms. The third kappa shape index (κ3) is 6.36. The zero-order valence-electron chi connectivity index (χ0n) is 39.3. The molecule has 0 aliphatic rings. The maximum Gasteiger partial charge on any atom is 0.0619 e. The summed E-state index contributed by atoms with van der Waals surface area (Å²) in [5.74, 6) is 0. The molecule has 0 unspecified atom stereocenters. The van der Waals surface area contributed by atoms with Crippen LogP contribution in [0, 0.1) is 0 Å². The van der Waals surface area contributed by atoms with Crippen molar-refractivity contribution in [1.29, 1.82) is 0 Å². The number of hydrogen-bond donors (Lipinski definition) is 0. The molecule has 0 bridgehead atoms. The molecule has 72 heavy (non-hydrogen) atoms. The summed E-state index contributed by atoms with van der Waals surface area (Å²) in [6.07, 6.45) is 0. The smallest absolute Gasteiger partial charge is 0.0619 e. The second kappa shape index (κ2) is 16.0. The third-order valence-electron chi connectivity index (χ3n) is 15.2. The molecule has 15 aromatic rings. The number of hydrogen-bond acceptors (Lipinski definition) is 0. The Morgan fingerprint density at radius 2 is 0.500 bits per heavy atom. The summed E-state index contributed by atoms with van der Waals surface area (Å²) < 4.78 is 4.99. The van der Waals surface area contributed by atoms with Crippen LogP contribution in [0.15, 0.2) is 267 Å². The van der Waals surface area contributed by atoms with Crippen molar-refractivity contribution in [3.63, 3.8) is 0 Å². The number of para-hydroxylation sites is 2. The number of nitrogens with zero attached hydrogens (tertiary/aromatic N) is 2. The van der Waals surface area contributed by atoms with Gasteiger partial charge in [0.05, 0.1) is 22.4 Å². The highest BCUT2D eigenvalue weighted by molar-refractivity contribution is 6.12. The Morgan fingerprint density at radius 1 is 0.194 bits per heavy atom. The molecule has 0 fully saturated rings. The van der Waals surface area contributed by atoms with Crippen LogP contribution in [0.4, 0.5) is 0 Å². The second-order valence-electron chi connectivity index (χ2n) is 19.3. The van der Waals surface area contributed by atoms with Crippen LogP contribution in [0.3, 0.4) is 0 Å². The Kier molecular flexibility index (Phi) is 8.99. The van der Waals surface area contributed by atoms with Crippen molar-refractivity contribution in [1.82, 2.24) is 9.13 Å². The van der Waals surface area contributed by atoms with Crippen molar-refractivity contribution in [2.45, 2.75) is 0 Å². The van der Waals surface area contributed by atoms with Crippen LogP contribution in [0.1, 0.15) is 0 Å². The maximum absolute atomic E-state index is 2.50. The Balaban J connectivity index is 0.925. The summed E-state index contributed by atoms with van der Waals surface area (Å²) >= 11 is 0. The van der Waals surface area contributed by atoms with Gasteiger partial charge < -0.3 is 9.13 Å². The van der Waals surface area contributed by atoms with Crippen LogP contribution in [-0.2, 0) is 0 Å². The first kappa shape index (κ1) is 40.4. The number of benzene rings is 13. The van der Waals surface area contributed by atoms with E-state index in [4.69, 9.17) is 0 Å². The number of aromatic nitrogens is 2. The van der Waals surface area contributed by atoms with Crippen LogP contribution in [0.5, 0.6) is 0 Å². The molecular formula is C70H44N2. The fourth-order valence-electron chi connectivity index (χ4n) is 11.8. The highest BCUT2D eigenvalue weighted by Gasteiger charge is 2.24. The summed E-state index contributed by atoms with van der Waals surface area (Å²) in [5, 5.41) is 17.2. The fourth-order valence-corrected chi connectivity index (χ4v) is 11.8. The molecule has 0 N–H and O–H groups in total. The van der Waals surface area contributed by atoms with E-state index in [9.17, 15) is 0 Å². The molecule has 0 radical (unpaired) electrons. The van der Waals surface area contributed by atoms with E-state index in [2.05, 4.69) is 276 Å². The van der Waals surface area contributed by atoms with E-state index in [1.54, 1.807) is 0 Å². The predicted molar refractivity (Wildman–Crippen MR) is 307 cm³/mol. The van der Waals surface area contributed by atoms with Crippen LogP contribution in [0.2, 0.25) is 0 Å². The van der Waals surface area contributed by atoms with E-state index in [1.807, 2.05) is 0 Å². The highest BCUT2D eigenvalue weighted by atomic mass is 15.0. The van der Waals surface area contributed by atoms with Gasteiger partial charge in [-0.05, 0) is 148 Å². The van der Waals surface area contributed by atoms with Gasteiger partial charge in [0.1, 0.15) is 0 Å². The molecule has 13 aromatic carbocycles. The van der Waals surface area contributed by atoms with Crippen LogP contribution >= 0.6 is 0 Å². The van der Waals surface area contributed by atoms with Crippen LogP contribution < -0.4 is 0 Å². The monoisotopic (exact) mass is 912 g/mol. The Hall–Kier alpha value is -9.50. The first-order valence-electron chi connectivity index (χ1n) is 24.9. The minimum absolute atomic E-state index is 1.13. The van der Waals surface area contributed by atoms with Crippen molar-refractivity contribution in [2.24, 2.45) is 0 Å². The topological polar surface area (TPSA) is 9.86 Å². The zero-order valence-corrected chi connectivity index (χ0v) is 39.3. The summed E-state index contributed by atoms with van der Waals surface area (Å²) in [6.45, 7) is 0. The molecule has 2 aromatic heterocycles. The average Bonchev–Trinajstić information content (AvgIpc) is 3.98. The Bertz CT molecular complexity index is 4400. The van der Waals surface area contributed by atoms with E-state index < -0.39 is 0 Å². The van der Waals surface area contributed by atoms with E-state index in [0.717, 1.165) is 11.4 Å². The van der Waals surface area contributed by atoms with Gasteiger partial charge in [-0.1, -0.05) is 206 Å². The second-order valence-corrected chi connectivity index (χ2v) is 19.3. The quantitative estimate of drug-likeness (QED) is 0.147. The Morgan fingerprint density at radius 3 is 0.889 bits per heavy atom. The van der Waals surface area contributed by atoms with Gasteiger partial charge in [0.25, 0.3) is 0 Å². The maximum atomic E-state index is 2.50. The predicted octanol–water partition coefficient (Wildman–Crippen LogP) is 19.2. The summed E-state index contributed by atoms with van der Waals surface area (Å²) in [7, 11) is 0. The number of rotatable bonds is 6. The summed E-state index contributed by atoms with van der Waals surface area (Å²) in [6, 6.07) is 98.9. The lowest BCUT2D eigenvalue weighted by Gasteiger charge is -2.17. The molecule has 0 amide bonds. The molecule has 0 saturated carbocycles. The van der Waals surface area contributed by atoms with Crippen molar-refractivity contribution < 1.29 is 0 Å². The normalized spacial score (nSPS) is 11.9. The van der Waals surface area contributed by atoms with Gasteiger partial charge in [-0.15, -0.1) is 0 Å². The third-order valence-corrected chi connectivity index (χ3v) is 15.2. The lowest BCUT2D eigenvalue weighted by molar-refractivity contribution is 1.14. The van der Waals surface area contributed by atoms with Crippen molar-refractivity contribution >= 4 is 86.4 Å². The van der Waals surface area contributed by atoms with E-state index in [0.29, 0.717) is 0 Å². The molecule has 2 nitrogen and oxygen atoms in total. The zero-order chi connectivity index (χ0) is 47.3. The lowest BCUT2D eigenvalue weighted by atomic mass is 9.95. The van der Waals surface area contributed by atoms with Crippen LogP contribution in [-0.4, -0.2) is 9.13 Å². The molecule has 2 heteroatoms. The molecule has 15 rings (SSSR count). The summed E-state index contributed by atoms with van der Waals surface area (Å²) in [5.41, 5.74) is 14.2. The van der Waals surface area contributed by atoms with E-state index >= 15 is 0 Å². The van der Waals surface area contributed by atoms with Gasteiger partial charge in [0.15, 0.2) is 0 Å². The molecule has 0 atom stereocenters. The Labute approximate surface area is 416 Å². The SMILES string of the molecule is c1ccc2cc(-c3c(-c4ccc5ccccc5c4)n(-c4ccc5c(ccc6cc(-n7c(-c8ccc9ccccc9c8)c(-c8ccc9ccccc9c8)c8ccccc87)ccc65)c4)c4ccccc34)ccc2c1. The van der Waals surface area contributed by atoms with Crippen molar-refractivity contribution in [3.8, 4) is 56.1 Å². The van der Waals surface area contributed by atoms with Crippen LogP contribution in [0.25, 0.3) is 143 Å². The van der Waals surface area contributed by atoms with Gasteiger partial charge in [-0.2, -0.15) is 0 Å². The standard InChI is InChI=1S/C70H44N2/c1-5-17-49-39-55(31-25-45(49)13-1)67-63-21-9-11-23-65(63)71(69(67)57-33-27-47-15-3-7-19-51(47)41-57)59-35-37-61-53(43-59)29-30-54-44-60(36-38-62(54)61)72-66-24-12-10-22-64(66)68(56-32-26-46-14-2-6-18-50(46)40-56)70(72)58-34-28-48-16-4-8-20-52(48)42-58/h1-44H. The fraction of sp³-hybridized carbons (Fsp3) is 0. The lowest BCUT2D eigenvalue weighted by Crippen LogP contribution is -1.99. The van der Waals surface area contributed by atoms with Gasteiger partial charge in [0, 0.05) is 33.3 Å². The molecule has 334 valence electrons. The van der Waals surface area contributed by atoms with E-state index in [1.165, 1.54) is 131 Å².